The van der Waals surface area contributed by atoms with E-state index in [4.69, 9.17) is 10.5 Å². The van der Waals surface area contributed by atoms with Crippen molar-refractivity contribution >= 4 is 22.2 Å². The third-order valence-electron chi connectivity index (χ3n) is 2.03. The standard InChI is InChI=1S/C10H15FN2O2S/c1-15-10-6-9(8(12)5-7(10)11)13-3-4-16(2)14/h5-6,13H,3-4,12H2,1-2H3. The van der Waals surface area contributed by atoms with Crippen LogP contribution in [0.2, 0.25) is 0 Å². The average molecular weight is 246 g/mol. The van der Waals surface area contributed by atoms with Crippen LogP contribution < -0.4 is 15.8 Å². The molecule has 1 rings (SSSR count). The molecule has 6 heteroatoms. The highest BCUT2D eigenvalue weighted by Gasteiger charge is 2.07. The summed E-state index contributed by atoms with van der Waals surface area (Å²) in [7, 11) is 0.522. The summed E-state index contributed by atoms with van der Waals surface area (Å²) in [4.78, 5) is 0. The first-order chi connectivity index (χ1) is 7.54. The molecule has 0 amide bonds. The van der Waals surface area contributed by atoms with Gasteiger partial charge in [-0.1, -0.05) is 0 Å². The van der Waals surface area contributed by atoms with E-state index in [0.717, 1.165) is 0 Å². The zero-order chi connectivity index (χ0) is 12.1. The maximum absolute atomic E-state index is 13.2. The second kappa shape index (κ2) is 5.69. The van der Waals surface area contributed by atoms with E-state index >= 15 is 0 Å². The number of nitrogens with one attached hydrogen (secondary N) is 1. The van der Waals surface area contributed by atoms with Crippen molar-refractivity contribution in [3.8, 4) is 5.75 Å². The molecule has 0 fully saturated rings. The Morgan fingerprint density at radius 2 is 2.25 bits per heavy atom. The smallest absolute Gasteiger partial charge is 0.167 e. The fraction of sp³-hybridized carbons (Fsp3) is 0.400. The molecule has 0 aromatic heterocycles. The van der Waals surface area contributed by atoms with Crippen molar-refractivity contribution in [1.82, 2.24) is 0 Å². The molecule has 90 valence electrons. The van der Waals surface area contributed by atoms with Crippen molar-refractivity contribution in [3.63, 3.8) is 0 Å². The van der Waals surface area contributed by atoms with Gasteiger partial charge in [-0.2, -0.15) is 0 Å². The van der Waals surface area contributed by atoms with Gasteiger partial charge in [-0.05, 0) is 0 Å². The molecule has 0 saturated carbocycles. The minimum atomic E-state index is -0.866. The monoisotopic (exact) mass is 246 g/mol. The summed E-state index contributed by atoms with van der Waals surface area (Å²) in [6.07, 6.45) is 1.62. The average Bonchev–Trinajstić information content (AvgIpc) is 2.20. The highest BCUT2D eigenvalue weighted by molar-refractivity contribution is 7.84. The molecule has 4 nitrogen and oxygen atoms in total. The van der Waals surface area contributed by atoms with Crippen LogP contribution in [-0.2, 0) is 10.8 Å². The minimum absolute atomic E-state index is 0.134. The van der Waals surface area contributed by atoms with Gasteiger partial charge in [-0.15, -0.1) is 0 Å². The van der Waals surface area contributed by atoms with Gasteiger partial charge in [0.2, 0.25) is 0 Å². The normalized spacial score (nSPS) is 12.2. The molecule has 0 aliphatic carbocycles. The summed E-state index contributed by atoms with van der Waals surface area (Å²) in [5.74, 6) is 0.151. The third kappa shape index (κ3) is 3.37. The highest BCUT2D eigenvalue weighted by Crippen LogP contribution is 2.27. The number of rotatable bonds is 5. The number of benzene rings is 1. The quantitative estimate of drug-likeness (QED) is 0.766. The predicted octanol–water partition coefficient (Wildman–Crippen LogP) is 1.21. The van der Waals surface area contributed by atoms with Crippen molar-refractivity contribution in [1.29, 1.82) is 0 Å². The number of nitrogens with two attached hydrogens (primary N) is 1. The Hall–Kier alpha value is -1.30. The topological polar surface area (TPSA) is 64.3 Å². The molecule has 1 aromatic carbocycles. The molecule has 3 N–H and O–H groups in total. The number of methoxy groups -OCH3 is 1. The molecule has 0 aliphatic rings. The molecule has 0 spiro atoms. The van der Waals surface area contributed by atoms with Crippen LogP contribution in [0.1, 0.15) is 0 Å². The van der Waals surface area contributed by atoms with Crippen molar-refractivity contribution in [3.05, 3.63) is 17.9 Å². The molecular formula is C10H15FN2O2S. The fourth-order valence-corrected chi connectivity index (χ4v) is 1.60. The fourth-order valence-electron chi connectivity index (χ4n) is 1.21. The summed E-state index contributed by atoms with van der Waals surface area (Å²) in [5.41, 5.74) is 6.52. The van der Waals surface area contributed by atoms with Gasteiger partial charge in [0, 0.05) is 41.5 Å². The lowest BCUT2D eigenvalue weighted by Gasteiger charge is -2.11. The molecule has 0 heterocycles. The molecule has 16 heavy (non-hydrogen) atoms. The largest absolute Gasteiger partial charge is 0.494 e. The Bertz CT molecular complexity index is 399. The van der Waals surface area contributed by atoms with Gasteiger partial charge in [0.05, 0.1) is 18.5 Å². The Morgan fingerprint density at radius 3 is 2.81 bits per heavy atom. The van der Waals surface area contributed by atoms with Crippen LogP contribution in [0, 0.1) is 5.82 Å². The van der Waals surface area contributed by atoms with Gasteiger partial charge in [0.15, 0.2) is 11.6 Å². The van der Waals surface area contributed by atoms with E-state index in [1.165, 1.54) is 19.2 Å². The lowest BCUT2D eigenvalue weighted by molar-refractivity contribution is 0.387. The number of ether oxygens (including phenoxy) is 1. The summed E-state index contributed by atoms with van der Waals surface area (Å²) in [6, 6.07) is 2.69. The van der Waals surface area contributed by atoms with Crippen LogP contribution in [0.5, 0.6) is 5.75 Å². The summed E-state index contributed by atoms with van der Waals surface area (Å²) < 4.78 is 28.9. The first-order valence-corrected chi connectivity index (χ1v) is 6.44. The van der Waals surface area contributed by atoms with Crippen molar-refractivity contribution < 1.29 is 13.3 Å². The molecule has 1 aromatic rings. The maximum Gasteiger partial charge on any atom is 0.167 e. The molecule has 0 saturated heterocycles. The second-order valence-electron chi connectivity index (χ2n) is 3.28. The highest BCUT2D eigenvalue weighted by atomic mass is 32.2. The van der Waals surface area contributed by atoms with Crippen LogP contribution in [0.4, 0.5) is 15.8 Å². The maximum atomic E-state index is 13.2. The third-order valence-corrected chi connectivity index (χ3v) is 2.81. The van der Waals surface area contributed by atoms with E-state index in [2.05, 4.69) is 5.32 Å². The summed E-state index contributed by atoms with van der Waals surface area (Å²) >= 11 is 0. The van der Waals surface area contributed by atoms with Gasteiger partial charge in [-0.3, -0.25) is 4.21 Å². The Balaban J connectivity index is 2.75. The second-order valence-corrected chi connectivity index (χ2v) is 4.83. The number of hydrogen-bond acceptors (Lipinski definition) is 4. The zero-order valence-corrected chi connectivity index (χ0v) is 10.1. The van der Waals surface area contributed by atoms with Gasteiger partial charge in [-0.25, -0.2) is 4.39 Å². The molecule has 1 unspecified atom stereocenters. The summed E-state index contributed by atoms with van der Waals surface area (Å²) in [5, 5.41) is 2.98. The van der Waals surface area contributed by atoms with Crippen molar-refractivity contribution in [2.75, 3.05) is 36.7 Å². The van der Waals surface area contributed by atoms with E-state index in [-0.39, 0.29) is 5.75 Å². The first kappa shape index (κ1) is 12.8. The van der Waals surface area contributed by atoms with Crippen LogP contribution in [-0.4, -0.2) is 29.9 Å². The lowest BCUT2D eigenvalue weighted by Crippen LogP contribution is -2.11. The van der Waals surface area contributed by atoms with E-state index < -0.39 is 16.6 Å². The van der Waals surface area contributed by atoms with Crippen LogP contribution in [0.3, 0.4) is 0 Å². The van der Waals surface area contributed by atoms with Gasteiger partial charge >= 0.3 is 0 Å². The predicted molar refractivity (Wildman–Crippen MR) is 64.8 cm³/mol. The van der Waals surface area contributed by atoms with E-state index in [1.807, 2.05) is 0 Å². The molecule has 0 aliphatic heterocycles. The molecular weight excluding hydrogens is 231 g/mol. The van der Waals surface area contributed by atoms with Gasteiger partial charge < -0.3 is 15.8 Å². The molecule has 0 radical (unpaired) electrons. The number of hydrogen-bond donors (Lipinski definition) is 2. The van der Waals surface area contributed by atoms with Crippen molar-refractivity contribution in [2.24, 2.45) is 0 Å². The number of nitrogen functional groups attached to an aromatic ring is 1. The van der Waals surface area contributed by atoms with Crippen LogP contribution >= 0.6 is 0 Å². The molecule has 0 bridgehead atoms. The first-order valence-electron chi connectivity index (χ1n) is 4.71. The Labute approximate surface area is 96.4 Å². The van der Waals surface area contributed by atoms with Crippen molar-refractivity contribution in [2.45, 2.75) is 0 Å². The lowest BCUT2D eigenvalue weighted by atomic mass is 10.2. The van der Waals surface area contributed by atoms with E-state index in [0.29, 0.717) is 23.7 Å². The van der Waals surface area contributed by atoms with Gasteiger partial charge in [0.25, 0.3) is 0 Å². The number of anilines is 2. The zero-order valence-electron chi connectivity index (χ0n) is 9.25. The van der Waals surface area contributed by atoms with Crippen LogP contribution in [0.15, 0.2) is 12.1 Å². The van der Waals surface area contributed by atoms with Crippen LogP contribution in [0.25, 0.3) is 0 Å². The number of halogens is 1. The summed E-state index contributed by atoms with van der Waals surface area (Å²) in [6.45, 7) is 0.516. The Morgan fingerprint density at radius 1 is 1.56 bits per heavy atom. The minimum Gasteiger partial charge on any atom is -0.494 e. The van der Waals surface area contributed by atoms with E-state index in [1.54, 1.807) is 6.26 Å². The molecule has 1 atom stereocenters. The van der Waals surface area contributed by atoms with E-state index in [9.17, 15) is 8.60 Å². The Kier molecular flexibility index (Phi) is 4.54. The SMILES string of the molecule is COc1cc(NCCS(C)=O)c(N)cc1F. The van der Waals surface area contributed by atoms with Gasteiger partial charge in [0.1, 0.15) is 0 Å².